The highest BCUT2D eigenvalue weighted by atomic mass is 35.5. The van der Waals surface area contributed by atoms with Crippen molar-refractivity contribution in [3.63, 3.8) is 0 Å². The number of carbonyl (C=O) groups is 2. The van der Waals surface area contributed by atoms with Crippen LogP contribution in [0.1, 0.15) is 20.7 Å². The molecule has 0 unspecified atom stereocenters. The molecule has 1 aliphatic rings. The van der Waals surface area contributed by atoms with Crippen LogP contribution in [-0.2, 0) is 4.74 Å². The smallest absolute Gasteiger partial charge is 0.348 e. The van der Waals surface area contributed by atoms with Crippen LogP contribution >= 0.6 is 11.6 Å². The SMILES string of the molecule is O=C1OC(=O)c2c1cc(F)c(F)c2Cl. The number of hydrogen-bond donors (Lipinski definition) is 0. The summed E-state index contributed by atoms with van der Waals surface area (Å²) in [6.07, 6.45) is 0. The average Bonchev–Trinajstić information content (AvgIpc) is 2.38. The van der Waals surface area contributed by atoms with Crippen molar-refractivity contribution in [1.82, 2.24) is 0 Å². The molecule has 3 nitrogen and oxygen atoms in total. The Kier molecular flexibility index (Phi) is 1.78. The lowest BCUT2D eigenvalue weighted by Gasteiger charge is -1.98. The van der Waals surface area contributed by atoms with Gasteiger partial charge < -0.3 is 4.74 Å². The zero-order chi connectivity index (χ0) is 10.5. The number of halogens is 3. The molecule has 1 aromatic rings. The van der Waals surface area contributed by atoms with Crippen LogP contribution in [0.4, 0.5) is 8.78 Å². The molecule has 1 aliphatic heterocycles. The van der Waals surface area contributed by atoms with Gasteiger partial charge in [-0.05, 0) is 6.07 Å². The second kappa shape index (κ2) is 2.75. The first-order valence-corrected chi connectivity index (χ1v) is 3.84. The first kappa shape index (κ1) is 9.08. The van der Waals surface area contributed by atoms with E-state index in [0.29, 0.717) is 6.07 Å². The summed E-state index contributed by atoms with van der Waals surface area (Å²) < 4.78 is 29.7. The van der Waals surface area contributed by atoms with Crippen molar-refractivity contribution < 1.29 is 23.1 Å². The molecule has 0 atom stereocenters. The molecule has 1 aromatic carbocycles. The van der Waals surface area contributed by atoms with Crippen molar-refractivity contribution in [2.75, 3.05) is 0 Å². The zero-order valence-electron chi connectivity index (χ0n) is 6.44. The minimum Gasteiger partial charge on any atom is -0.386 e. The Morgan fingerprint density at radius 2 is 1.86 bits per heavy atom. The Balaban J connectivity index is 2.82. The topological polar surface area (TPSA) is 43.4 Å². The third kappa shape index (κ3) is 1.02. The highest BCUT2D eigenvalue weighted by Gasteiger charge is 2.35. The van der Waals surface area contributed by atoms with Gasteiger partial charge in [0.15, 0.2) is 11.6 Å². The van der Waals surface area contributed by atoms with Gasteiger partial charge in [-0.2, -0.15) is 0 Å². The Morgan fingerprint density at radius 1 is 1.21 bits per heavy atom. The number of fused-ring (bicyclic) bond motifs is 1. The number of carbonyl (C=O) groups excluding carboxylic acids is 2. The lowest BCUT2D eigenvalue weighted by atomic mass is 10.1. The molecule has 0 radical (unpaired) electrons. The van der Waals surface area contributed by atoms with Gasteiger partial charge in [-0.15, -0.1) is 0 Å². The molecule has 0 bridgehead atoms. The number of benzene rings is 1. The maximum atomic E-state index is 12.9. The molecule has 72 valence electrons. The summed E-state index contributed by atoms with van der Waals surface area (Å²) >= 11 is 5.34. The van der Waals surface area contributed by atoms with E-state index in [0.717, 1.165) is 0 Å². The summed E-state index contributed by atoms with van der Waals surface area (Å²) in [6.45, 7) is 0. The highest BCUT2D eigenvalue weighted by molar-refractivity contribution is 6.36. The van der Waals surface area contributed by atoms with Crippen molar-refractivity contribution >= 4 is 23.5 Å². The van der Waals surface area contributed by atoms with E-state index in [4.69, 9.17) is 11.6 Å². The summed E-state index contributed by atoms with van der Waals surface area (Å²) in [4.78, 5) is 21.8. The zero-order valence-corrected chi connectivity index (χ0v) is 7.19. The van der Waals surface area contributed by atoms with Gasteiger partial charge in [0, 0.05) is 0 Å². The quantitative estimate of drug-likeness (QED) is 0.380. The van der Waals surface area contributed by atoms with E-state index in [9.17, 15) is 18.4 Å². The van der Waals surface area contributed by atoms with Crippen LogP contribution < -0.4 is 0 Å². The van der Waals surface area contributed by atoms with E-state index in [1.165, 1.54) is 0 Å². The van der Waals surface area contributed by atoms with Crippen molar-refractivity contribution in [3.05, 3.63) is 33.9 Å². The molecular formula is C8HClF2O3. The van der Waals surface area contributed by atoms with Gasteiger partial charge in [-0.25, -0.2) is 18.4 Å². The fourth-order valence-corrected chi connectivity index (χ4v) is 1.42. The predicted molar refractivity (Wildman–Crippen MR) is 41.1 cm³/mol. The molecule has 0 amide bonds. The van der Waals surface area contributed by atoms with Crippen molar-refractivity contribution in [3.8, 4) is 0 Å². The molecule has 0 N–H and O–H groups in total. The van der Waals surface area contributed by atoms with Crippen LogP contribution in [0.5, 0.6) is 0 Å². The lowest BCUT2D eigenvalue weighted by molar-refractivity contribution is 0.0443. The van der Waals surface area contributed by atoms with Crippen LogP contribution in [0.15, 0.2) is 6.07 Å². The summed E-state index contributed by atoms with van der Waals surface area (Å²) in [5, 5.41) is -0.726. The summed E-state index contributed by atoms with van der Waals surface area (Å²) in [5.74, 6) is -4.74. The molecule has 0 saturated heterocycles. The van der Waals surface area contributed by atoms with E-state index < -0.39 is 34.2 Å². The Bertz CT molecular complexity index is 470. The van der Waals surface area contributed by atoms with Crippen LogP contribution in [0.2, 0.25) is 5.02 Å². The van der Waals surface area contributed by atoms with Crippen molar-refractivity contribution in [2.24, 2.45) is 0 Å². The lowest BCUT2D eigenvalue weighted by Crippen LogP contribution is -1.98. The second-order valence-electron chi connectivity index (χ2n) is 2.59. The molecule has 14 heavy (non-hydrogen) atoms. The molecule has 0 aromatic heterocycles. The fourth-order valence-electron chi connectivity index (χ4n) is 1.15. The Hall–Kier alpha value is -1.49. The van der Waals surface area contributed by atoms with Gasteiger partial charge >= 0.3 is 11.9 Å². The fraction of sp³-hybridized carbons (Fsp3) is 0. The normalized spacial score (nSPS) is 14.2. The molecule has 0 fully saturated rings. The molecule has 6 heteroatoms. The molecule has 0 spiro atoms. The molecule has 2 rings (SSSR count). The standard InChI is InChI=1S/C8HClF2O3/c9-5-4-2(1-3(10)6(5)11)7(12)14-8(4)13/h1H. The Labute approximate surface area is 81.2 Å². The average molecular weight is 219 g/mol. The predicted octanol–water partition coefficient (Wildman–Crippen LogP) is 1.93. The van der Waals surface area contributed by atoms with Crippen LogP contribution in [0.25, 0.3) is 0 Å². The van der Waals surface area contributed by atoms with E-state index in [-0.39, 0.29) is 5.56 Å². The summed E-state index contributed by atoms with van der Waals surface area (Å²) in [7, 11) is 0. The monoisotopic (exact) mass is 218 g/mol. The van der Waals surface area contributed by atoms with E-state index in [1.807, 2.05) is 0 Å². The maximum absolute atomic E-state index is 12.9. The first-order chi connectivity index (χ1) is 6.52. The number of ether oxygens (including phenoxy) is 1. The van der Waals surface area contributed by atoms with Crippen LogP contribution in [0, 0.1) is 11.6 Å². The molecular weight excluding hydrogens is 218 g/mol. The largest absolute Gasteiger partial charge is 0.386 e. The summed E-state index contributed by atoms with van der Waals surface area (Å²) in [5.41, 5.74) is -0.769. The summed E-state index contributed by atoms with van der Waals surface area (Å²) in [6, 6.07) is 0.587. The van der Waals surface area contributed by atoms with Gasteiger partial charge in [-0.3, -0.25) is 0 Å². The van der Waals surface area contributed by atoms with Crippen molar-refractivity contribution in [1.29, 1.82) is 0 Å². The minimum absolute atomic E-state index is 0.348. The third-order valence-corrected chi connectivity index (χ3v) is 2.13. The van der Waals surface area contributed by atoms with Gasteiger partial charge in [0.05, 0.1) is 16.1 Å². The van der Waals surface area contributed by atoms with Gasteiger partial charge in [0.2, 0.25) is 0 Å². The number of esters is 2. The maximum Gasteiger partial charge on any atom is 0.348 e. The molecule has 0 saturated carbocycles. The number of hydrogen-bond acceptors (Lipinski definition) is 3. The van der Waals surface area contributed by atoms with Gasteiger partial charge in [0.1, 0.15) is 0 Å². The van der Waals surface area contributed by atoms with E-state index >= 15 is 0 Å². The van der Waals surface area contributed by atoms with Crippen molar-refractivity contribution in [2.45, 2.75) is 0 Å². The minimum atomic E-state index is -1.36. The third-order valence-electron chi connectivity index (χ3n) is 1.77. The Morgan fingerprint density at radius 3 is 2.50 bits per heavy atom. The van der Waals surface area contributed by atoms with Gasteiger partial charge in [0.25, 0.3) is 0 Å². The van der Waals surface area contributed by atoms with E-state index in [2.05, 4.69) is 4.74 Å². The number of cyclic esters (lactones) is 2. The molecule has 0 aliphatic carbocycles. The number of rotatable bonds is 0. The van der Waals surface area contributed by atoms with Crippen LogP contribution in [-0.4, -0.2) is 11.9 Å². The molecule has 1 heterocycles. The first-order valence-electron chi connectivity index (χ1n) is 3.46. The highest BCUT2D eigenvalue weighted by Crippen LogP contribution is 2.31. The van der Waals surface area contributed by atoms with E-state index in [1.54, 1.807) is 0 Å². The van der Waals surface area contributed by atoms with Crippen LogP contribution in [0.3, 0.4) is 0 Å². The second-order valence-corrected chi connectivity index (χ2v) is 2.96. The van der Waals surface area contributed by atoms with Gasteiger partial charge in [-0.1, -0.05) is 11.6 Å².